The highest BCUT2D eigenvalue weighted by molar-refractivity contribution is 5.95. The molecule has 2 aliphatic heterocycles. The van der Waals surface area contributed by atoms with Crippen LogP contribution >= 0.6 is 0 Å². The Kier molecular flexibility index (Phi) is 5.31. The van der Waals surface area contributed by atoms with Crippen molar-refractivity contribution in [3.63, 3.8) is 0 Å². The third-order valence-electron chi connectivity index (χ3n) is 6.75. The number of aromatic nitrogens is 4. The second kappa shape index (κ2) is 8.17. The van der Waals surface area contributed by atoms with Gasteiger partial charge in [-0.25, -0.2) is 4.98 Å². The van der Waals surface area contributed by atoms with Crippen LogP contribution in [0.1, 0.15) is 59.1 Å². The monoisotopic (exact) mass is 446 g/mol. The zero-order valence-electron chi connectivity index (χ0n) is 19.6. The molecular weight excluding hydrogens is 416 g/mol. The normalized spacial score (nSPS) is 19.5. The predicted octanol–water partition coefficient (Wildman–Crippen LogP) is 2.96. The lowest BCUT2D eigenvalue weighted by Crippen LogP contribution is -2.42. The van der Waals surface area contributed by atoms with Crippen molar-refractivity contribution in [1.29, 1.82) is 0 Å². The lowest BCUT2D eigenvalue weighted by Gasteiger charge is -2.27. The SMILES string of the molecule is Cc1cc(C(=O)N2[C@@H]3CC[C@H]2Cc2c(C(=O)NC(C)C)nc(-c4ccccc4)n2C3)nn1C. The van der Waals surface area contributed by atoms with E-state index >= 15 is 0 Å². The Balaban J connectivity index is 1.56. The molecule has 8 nitrogen and oxygen atoms in total. The molecule has 172 valence electrons. The standard InChI is InChI=1S/C25H30N6O2/c1-15(2)26-24(32)22-21-13-18-10-11-19(31(18)25(33)20-12-16(3)29(4)28-20)14-30(21)23(27-22)17-8-6-5-7-9-17/h5-9,12,15,18-19H,10-11,13-14H2,1-4H3,(H,26,32)/t18-,19+/m0/s1. The van der Waals surface area contributed by atoms with E-state index in [1.807, 2.05) is 69.1 Å². The van der Waals surface area contributed by atoms with Crippen LogP contribution < -0.4 is 5.32 Å². The second-order valence-corrected chi connectivity index (χ2v) is 9.43. The van der Waals surface area contributed by atoms with Gasteiger partial charge in [0.2, 0.25) is 0 Å². The molecule has 2 aliphatic rings. The smallest absolute Gasteiger partial charge is 0.274 e. The molecule has 1 fully saturated rings. The molecule has 0 saturated carbocycles. The first-order chi connectivity index (χ1) is 15.8. The number of carbonyl (C=O) groups excluding carboxylic acids is 2. The number of fused-ring (bicyclic) bond motifs is 3. The Hall–Kier alpha value is -3.42. The fraction of sp³-hybridized carbons (Fsp3) is 0.440. The Morgan fingerprint density at radius 3 is 2.52 bits per heavy atom. The van der Waals surface area contributed by atoms with E-state index in [9.17, 15) is 9.59 Å². The van der Waals surface area contributed by atoms with Gasteiger partial charge in [-0.05, 0) is 39.7 Å². The number of hydrogen-bond acceptors (Lipinski definition) is 4. The lowest BCUT2D eigenvalue weighted by atomic mass is 10.0. The van der Waals surface area contributed by atoms with E-state index in [4.69, 9.17) is 4.98 Å². The number of benzene rings is 1. The highest BCUT2D eigenvalue weighted by Gasteiger charge is 2.43. The maximum Gasteiger partial charge on any atom is 0.274 e. The van der Waals surface area contributed by atoms with Crippen molar-refractivity contribution in [3.8, 4) is 11.4 Å². The Bertz CT molecular complexity index is 1190. The van der Waals surface area contributed by atoms with Gasteiger partial charge in [-0.3, -0.25) is 14.3 Å². The van der Waals surface area contributed by atoms with Crippen LogP contribution in [0.5, 0.6) is 0 Å². The van der Waals surface area contributed by atoms with Crippen molar-refractivity contribution in [2.75, 3.05) is 0 Å². The van der Waals surface area contributed by atoms with Gasteiger partial charge >= 0.3 is 0 Å². The molecule has 0 radical (unpaired) electrons. The number of carbonyl (C=O) groups is 2. The van der Waals surface area contributed by atoms with Crippen LogP contribution in [0.2, 0.25) is 0 Å². The number of aryl methyl sites for hydroxylation is 2. The van der Waals surface area contributed by atoms with Crippen LogP contribution in [-0.2, 0) is 20.0 Å². The first-order valence-electron chi connectivity index (χ1n) is 11.6. The number of hydrogen-bond donors (Lipinski definition) is 1. The minimum Gasteiger partial charge on any atom is -0.348 e. The number of imidazole rings is 1. The van der Waals surface area contributed by atoms with Crippen LogP contribution in [0, 0.1) is 6.92 Å². The summed E-state index contributed by atoms with van der Waals surface area (Å²) in [6, 6.07) is 11.9. The van der Waals surface area contributed by atoms with Gasteiger partial charge in [0.1, 0.15) is 11.5 Å². The summed E-state index contributed by atoms with van der Waals surface area (Å²) in [6.07, 6.45) is 2.45. The maximum absolute atomic E-state index is 13.5. The Labute approximate surface area is 193 Å². The van der Waals surface area contributed by atoms with Crippen LogP contribution in [0.25, 0.3) is 11.4 Å². The first kappa shape index (κ1) is 21.4. The second-order valence-electron chi connectivity index (χ2n) is 9.43. The zero-order valence-corrected chi connectivity index (χ0v) is 19.6. The molecule has 0 spiro atoms. The minimum atomic E-state index is -0.160. The molecule has 2 amide bonds. The number of amides is 2. The first-order valence-corrected chi connectivity index (χ1v) is 11.6. The largest absolute Gasteiger partial charge is 0.348 e. The van der Waals surface area contributed by atoms with Crippen LogP contribution in [0.4, 0.5) is 0 Å². The maximum atomic E-state index is 13.5. The summed E-state index contributed by atoms with van der Waals surface area (Å²) in [4.78, 5) is 33.4. The van der Waals surface area contributed by atoms with Gasteiger partial charge < -0.3 is 14.8 Å². The number of nitrogens with one attached hydrogen (secondary N) is 1. The van der Waals surface area contributed by atoms with E-state index in [-0.39, 0.29) is 29.9 Å². The summed E-state index contributed by atoms with van der Waals surface area (Å²) < 4.78 is 3.90. The highest BCUT2D eigenvalue weighted by Crippen LogP contribution is 2.36. The topological polar surface area (TPSA) is 85.1 Å². The molecule has 2 aromatic heterocycles. The van der Waals surface area contributed by atoms with Crippen molar-refractivity contribution >= 4 is 11.8 Å². The molecule has 3 aromatic rings. The summed E-state index contributed by atoms with van der Waals surface area (Å²) in [5, 5.41) is 7.43. The van der Waals surface area contributed by atoms with Gasteiger partial charge in [0.05, 0.1) is 11.7 Å². The minimum absolute atomic E-state index is 0.0164. The highest BCUT2D eigenvalue weighted by atomic mass is 16.2. The van der Waals surface area contributed by atoms with Gasteiger partial charge in [0, 0.05) is 43.4 Å². The van der Waals surface area contributed by atoms with Crippen LogP contribution in [0.3, 0.4) is 0 Å². The molecule has 4 heterocycles. The van der Waals surface area contributed by atoms with Gasteiger partial charge in [0.15, 0.2) is 5.69 Å². The van der Waals surface area contributed by atoms with Crippen molar-refractivity contribution in [2.45, 2.75) is 64.7 Å². The molecule has 8 heteroatoms. The Morgan fingerprint density at radius 1 is 1.12 bits per heavy atom. The summed E-state index contributed by atoms with van der Waals surface area (Å²) in [5.41, 5.74) is 3.79. The molecule has 1 N–H and O–H groups in total. The fourth-order valence-corrected chi connectivity index (χ4v) is 5.11. The summed E-state index contributed by atoms with van der Waals surface area (Å²) in [7, 11) is 1.85. The zero-order chi connectivity index (χ0) is 23.3. The van der Waals surface area contributed by atoms with Gasteiger partial charge in [-0.1, -0.05) is 30.3 Å². The average molecular weight is 447 g/mol. The summed E-state index contributed by atoms with van der Waals surface area (Å²) in [6.45, 7) is 6.46. The third kappa shape index (κ3) is 3.73. The third-order valence-corrected chi connectivity index (χ3v) is 6.75. The molecular formula is C25H30N6O2. The van der Waals surface area contributed by atoms with Crippen molar-refractivity contribution < 1.29 is 9.59 Å². The molecule has 5 rings (SSSR count). The molecule has 2 bridgehead atoms. The summed E-state index contributed by atoms with van der Waals surface area (Å²) >= 11 is 0. The van der Waals surface area contributed by atoms with Crippen molar-refractivity contribution in [2.24, 2.45) is 7.05 Å². The number of nitrogens with zero attached hydrogens (tertiary/aromatic N) is 5. The predicted molar refractivity (Wildman–Crippen MR) is 125 cm³/mol. The van der Waals surface area contributed by atoms with E-state index in [2.05, 4.69) is 15.0 Å². The van der Waals surface area contributed by atoms with Crippen molar-refractivity contribution in [1.82, 2.24) is 29.5 Å². The summed E-state index contributed by atoms with van der Waals surface area (Å²) in [5.74, 6) is 0.597. The van der Waals surface area contributed by atoms with Crippen LogP contribution in [0.15, 0.2) is 36.4 Å². The van der Waals surface area contributed by atoms with Gasteiger partial charge in [0.25, 0.3) is 11.8 Å². The average Bonchev–Trinajstić information content (AvgIpc) is 3.40. The fourth-order valence-electron chi connectivity index (χ4n) is 5.11. The van der Waals surface area contributed by atoms with E-state index < -0.39 is 0 Å². The van der Waals surface area contributed by atoms with Crippen LogP contribution in [-0.4, -0.2) is 54.2 Å². The lowest BCUT2D eigenvalue weighted by molar-refractivity contribution is 0.0659. The molecule has 2 atom stereocenters. The van der Waals surface area contributed by atoms with Crippen molar-refractivity contribution in [3.05, 3.63) is 59.2 Å². The molecule has 33 heavy (non-hydrogen) atoms. The quantitative estimate of drug-likeness (QED) is 0.668. The van der Waals surface area contributed by atoms with E-state index in [0.717, 1.165) is 35.6 Å². The van der Waals surface area contributed by atoms with E-state index in [0.29, 0.717) is 24.4 Å². The van der Waals surface area contributed by atoms with Gasteiger partial charge in [-0.2, -0.15) is 5.10 Å². The molecule has 1 saturated heterocycles. The Morgan fingerprint density at radius 2 is 1.85 bits per heavy atom. The van der Waals surface area contributed by atoms with Gasteiger partial charge in [-0.15, -0.1) is 0 Å². The molecule has 0 unspecified atom stereocenters. The van der Waals surface area contributed by atoms with E-state index in [1.54, 1.807) is 4.68 Å². The number of rotatable bonds is 4. The molecule has 1 aromatic carbocycles. The van der Waals surface area contributed by atoms with E-state index in [1.165, 1.54) is 0 Å². The molecule has 0 aliphatic carbocycles.